The van der Waals surface area contributed by atoms with Crippen molar-refractivity contribution < 1.29 is 0 Å². The summed E-state index contributed by atoms with van der Waals surface area (Å²) in [7, 11) is 0. The average Bonchev–Trinajstić information content (AvgIpc) is 2.32. The minimum atomic E-state index is 0.747. The number of hydrogen-bond acceptors (Lipinski definition) is 2. The Morgan fingerprint density at radius 3 is 2.89 bits per heavy atom. The first-order chi connectivity index (χ1) is 9.15. The van der Waals surface area contributed by atoms with E-state index in [1.807, 2.05) is 31.2 Å². The molecule has 1 saturated carbocycles. The summed E-state index contributed by atoms with van der Waals surface area (Å²) in [6.07, 6.45) is 10.00. The number of allylic oxidation sites excluding steroid dienone is 2. The maximum atomic E-state index is 6.05. The van der Waals surface area contributed by atoms with E-state index in [1.54, 1.807) is 6.21 Å². The van der Waals surface area contributed by atoms with Crippen LogP contribution in [0.4, 0.5) is 5.69 Å². The largest absolute Gasteiger partial charge is 0.402 e. The fourth-order valence-corrected chi connectivity index (χ4v) is 2.29. The van der Waals surface area contributed by atoms with Crippen LogP contribution in [0.15, 0.2) is 35.0 Å². The van der Waals surface area contributed by atoms with Gasteiger partial charge in [0, 0.05) is 16.9 Å². The summed E-state index contributed by atoms with van der Waals surface area (Å²) >= 11 is 6.05. The Balaban J connectivity index is 1.84. The van der Waals surface area contributed by atoms with Gasteiger partial charge in [-0.1, -0.05) is 36.9 Å². The zero-order chi connectivity index (χ0) is 13.7. The van der Waals surface area contributed by atoms with Gasteiger partial charge in [-0.3, -0.25) is 4.99 Å². The van der Waals surface area contributed by atoms with Crippen LogP contribution in [0.25, 0.3) is 0 Å². The van der Waals surface area contributed by atoms with Crippen molar-refractivity contribution in [3.05, 3.63) is 40.6 Å². The topological polar surface area (TPSA) is 38.4 Å². The van der Waals surface area contributed by atoms with Crippen molar-refractivity contribution >= 4 is 23.5 Å². The molecule has 0 aromatic heterocycles. The van der Waals surface area contributed by atoms with E-state index in [4.69, 9.17) is 17.3 Å². The molecule has 0 unspecified atom stereocenters. The molecule has 0 heterocycles. The molecule has 0 saturated heterocycles. The van der Waals surface area contributed by atoms with Gasteiger partial charge in [-0.2, -0.15) is 0 Å². The molecule has 0 atom stereocenters. The van der Waals surface area contributed by atoms with Gasteiger partial charge in [0.15, 0.2) is 0 Å². The van der Waals surface area contributed by atoms with Gasteiger partial charge >= 0.3 is 0 Å². The number of nitrogens with zero attached hydrogens (tertiary/aromatic N) is 1. The molecule has 2 nitrogen and oxygen atoms in total. The smallest absolute Gasteiger partial charge is 0.0644 e. The summed E-state index contributed by atoms with van der Waals surface area (Å²) in [5.74, 6) is 0.903. The summed E-state index contributed by atoms with van der Waals surface area (Å²) < 4.78 is 0. The van der Waals surface area contributed by atoms with Gasteiger partial charge in [-0.05, 0) is 49.5 Å². The highest BCUT2D eigenvalue weighted by molar-refractivity contribution is 6.31. The summed E-state index contributed by atoms with van der Waals surface area (Å²) in [4.78, 5) is 4.34. The van der Waals surface area contributed by atoms with Crippen molar-refractivity contribution in [1.82, 2.24) is 0 Å². The van der Waals surface area contributed by atoms with Crippen molar-refractivity contribution in [3.8, 4) is 0 Å². The van der Waals surface area contributed by atoms with E-state index in [-0.39, 0.29) is 0 Å². The molecule has 3 heteroatoms. The Hall–Kier alpha value is -1.28. The van der Waals surface area contributed by atoms with E-state index in [2.05, 4.69) is 4.99 Å². The third kappa shape index (κ3) is 4.39. The molecule has 1 aromatic rings. The minimum Gasteiger partial charge on any atom is -0.402 e. The first-order valence-electron chi connectivity index (χ1n) is 6.90. The van der Waals surface area contributed by atoms with E-state index in [0.29, 0.717) is 0 Å². The first kappa shape index (κ1) is 14.1. The van der Waals surface area contributed by atoms with Crippen molar-refractivity contribution in [2.45, 2.75) is 39.0 Å². The van der Waals surface area contributed by atoms with Crippen molar-refractivity contribution in [2.24, 2.45) is 16.6 Å². The molecule has 2 rings (SSSR count). The summed E-state index contributed by atoms with van der Waals surface area (Å²) in [5.41, 5.74) is 8.80. The van der Waals surface area contributed by atoms with Crippen LogP contribution in [0.3, 0.4) is 0 Å². The maximum absolute atomic E-state index is 6.05. The lowest BCUT2D eigenvalue weighted by Crippen LogP contribution is -2.12. The Bertz CT molecular complexity index is 488. The number of rotatable bonds is 5. The fraction of sp³-hybridized carbons (Fsp3) is 0.438. The molecular formula is C16H21ClN2. The summed E-state index contributed by atoms with van der Waals surface area (Å²) in [5, 5.41) is 0.747. The molecule has 1 aliphatic rings. The Morgan fingerprint density at radius 1 is 1.47 bits per heavy atom. The molecule has 0 amide bonds. The van der Waals surface area contributed by atoms with E-state index in [9.17, 15) is 0 Å². The standard InChI is InChI=1S/C16H21ClN2/c1-12-5-8-15(11-16(12)17)19-10-9-14(18)7-6-13-3-2-4-13/h5,8-11,13H,2-4,6-7,18H2,1H3. The van der Waals surface area contributed by atoms with Crippen LogP contribution in [0.2, 0.25) is 5.02 Å². The van der Waals surface area contributed by atoms with Gasteiger partial charge in [0.1, 0.15) is 0 Å². The molecule has 1 aromatic carbocycles. The van der Waals surface area contributed by atoms with Crippen LogP contribution in [0.5, 0.6) is 0 Å². The SMILES string of the molecule is Cc1ccc(N=CC=C(N)CCC2CCC2)cc1Cl. The second-order valence-corrected chi connectivity index (χ2v) is 5.70. The van der Waals surface area contributed by atoms with E-state index in [0.717, 1.165) is 34.3 Å². The lowest BCUT2D eigenvalue weighted by atomic mass is 9.82. The number of benzene rings is 1. The molecular weight excluding hydrogens is 256 g/mol. The van der Waals surface area contributed by atoms with Gasteiger partial charge < -0.3 is 5.73 Å². The van der Waals surface area contributed by atoms with Gasteiger partial charge in [0.2, 0.25) is 0 Å². The van der Waals surface area contributed by atoms with Crippen LogP contribution in [0.1, 0.15) is 37.7 Å². The molecule has 1 aliphatic carbocycles. The monoisotopic (exact) mass is 276 g/mol. The van der Waals surface area contributed by atoms with E-state index in [1.165, 1.54) is 25.7 Å². The molecule has 1 fully saturated rings. The zero-order valence-electron chi connectivity index (χ0n) is 11.4. The van der Waals surface area contributed by atoms with Crippen LogP contribution in [-0.4, -0.2) is 6.21 Å². The maximum Gasteiger partial charge on any atom is 0.0644 e. The molecule has 0 bridgehead atoms. The quantitative estimate of drug-likeness (QED) is 0.773. The predicted molar refractivity (Wildman–Crippen MR) is 83.2 cm³/mol. The van der Waals surface area contributed by atoms with Gasteiger partial charge in [-0.15, -0.1) is 0 Å². The number of aliphatic imine (C=N–C) groups is 1. The first-order valence-corrected chi connectivity index (χ1v) is 7.28. The highest BCUT2D eigenvalue weighted by atomic mass is 35.5. The zero-order valence-corrected chi connectivity index (χ0v) is 12.2. The van der Waals surface area contributed by atoms with Gasteiger partial charge in [0.25, 0.3) is 0 Å². The molecule has 0 spiro atoms. The highest BCUT2D eigenvalue weighted by Crippen LogP contribution is 2.30. The number of hydrogen-bond donors (Lipinski definition) is 1. The van der Waals surface area contributed by atoms with Crippen LogP contribution >= 0.6 is 11.6 Å². The lowest BCUT2D eigenvalue weighted by molar-refractivity contribution is 0.296. The molecule has 0 aliphatic heterocycles. The van der Waals surface area contributed by atoms with Crippen molar-refractivity contribution in [3.63, 3.8) is 0 Å². The number of halogens is 1. The second-order valence-electron chi connectivity index (χ2n) is 5.29. The van der Waals surface area contributed by atoms with Crippen LogP contribution in [-0.2, 0) is 0 Å². The average molecular weight is 277 g/mol. The van der Waals surface area contributed by atoms with Gasteiger partial charge in [-0.25, -0.2) is 0 Å². The third-order valence-corrected chi connectivity index (χ3v) is 4.14. The molecule has 0 radical (unpaired) electrons. The van der Waals surface area contributed by atoms with Gasteiger partial charge in [0.05, 0.1) is 5.69 Å². The van der Waals surface area contributed by atoms with Crippen molar-refractivity contribution in [1.29, 1.82) is 0 Å². The number of aryl methyl sites for hydroxylation is 1. The number of nitrogens with two attached hydrogens (primary N) is 1. The Labute approximate surface area is 120 Å². The summed E-state index contributed by atoms with van der Waals surface area (Å²) in [6, 6.07) is 5.79. The fourth-order valence-electron chi connectivity index (χ4n) is 2.12. The molecule has 2 N–H and O–H groups in total. The minimum absolute atomic E-state index is 0.747. The third-order valence-electron chi connectivity index (χ3n) is 3.73. The van der Waals surface area contributed by atoms with Crippen LogP contribution < -0.4 is 5.73 Å². The van der Waals surface area contributed by atoms with E-state index >= 15 is 0 Å². The predicted octanol–water partition coefficient (Wildman–Crippen LogP) is 4.77. The Morgan fingerprint density at radius 2 is 2.26 bits per heavy atom. The summed E-state index contributed by atoms with van der Waals surface area (Å²) in [6.45, 7) is 1.98. The van der Waals surface area contributed by atoms with E-state index < -0.39 is 0 Å². The van der Waals surface area contributed by atoms with Crippen LogP contribution in [0, 0.1) is 12.8 Å². The lowest BCUT2D eigenvalue weighted by Gasteiger charge is -2.24. The molecule has 19 heavy (non-hydrogen) atoms. The Kier molecular flexibility index (Phi) is 5.03. The normalized spacial score (nSPS) is 16.8. The van der Waals surface area contributed by atoms with Crippen molar-refractivity contribution in [2.75, 3.05) is 0 Å². The second kappa shape index (κ2) is 6.76. The highest BCUT2D eigenvalue weighted by Gasteiger charge is 2.16. The molecule has 102 valence electrons.